The monoisotopic (exact) mass is 286 g/mol. The van der Waals surface area contributed by atoms with Crippen LogP contribution in [-0.2, 0) is 13.9 Å². The molecule has 4 atom stereocenters. The van der Waals surface area contributed by atoms with Crippen LogP contribution >= 0.6 is 0 Å². The van der Waals surface area contributed by atoms with Gasteiger partial charge in [0, 0.05) is 0 Å². The molecule has 2 aliphatic heterocycles. The van der Waals surface area contributed by atoms with Crippen molar-refractivity contribution in [3.63, 3.8) is 0 Å². The Morgan fingerprint density at radius 1 is 1.21 bits per heavy atom. The fourth-order valence-corrected chi connectivity index (χ4v) is 3.76. The minimum absolute atomic E-state index is 0.156. The van der Waals surface area contributed by atoms with E-state index in [-0.39, 0.29) is 11.1 Å². The first kappa shape index (κ1) is 15.5. The van der Waals surface area contributed by atoms with Gasteiger partial charge in [-0.1, -0.05) is 40.5 Å². The van der Waals surface area contributed by atoms with Crippen molar-refractivity contribution in [2.24, 2.45) is 0 Å². The lowest BCUT2D eigenvalue weighted by molar-refractivity contribution is -0.0343. The zero-order valence-corrected chi connectivity index (χ0v) is 14.4. The Labute approximate surface area is 119 Å². The van der Waals surface area contributed by atoms with Gasteiger partial charge < -0.3 is 13.9 Å². The summed E-state index contributed by atoms with van der Waals surface area (Å²) in [6.07, 6.45) is 4.64. The zero-order chi connectivity index (χ0) is 14.3. The van der Waals surface area contributed by atoms with E-state index >= 15 is 0 Å². The van der Waals surface area contributed by atoms with E-state index in [0.717, 1.165) is 6.42 Å². The fourth-order valence-electron chi connectivity index (χ4n) is 2.45. The van der Waals surface area contributed by atoms with Gasteiger partial charge in [0.15, 0.2) is 8.32 Å². The lowest BCUT2D eigenvalue weighted by Gasteiger charge is -2.40. The number of epoxide rings is 1. The zero-order valence-electron chi connectivity index (χ0n) is 13.4. The van der Waals surface area contributed by atoms with Gasteiger partial charge in [0.05, 0.1) is 18.8 Å². The van der Waals surface area contributed by atoms with Crippen LogP contribution in [-0.4, -0.2) is 39.3 Å². The number of unbranched alkanes of at least 4 members (excludes halogenated alkanes) is 1. The molecule has 2 aliphatic rings. The van der Waals surface area contributed by atoms with Gasteiger partial charge in [0.2, 0.25) is 0 Å². The molecule has 0 saturated carbocycles. The SMILES string of the molecule is CCCC[C@@H]1OC[C@H](O[Si](C)(C)C(C)(C)C)[C@H]2O[C@H]21. The van der Waals surface area contributed by atoms with Gasteiger partial charge in [-0.05, 0) is 24.6 Å². The molecule has 0 N–H and O–H groups in total. The predicted molar refractivity (Wildman–Crippen MR) is 80.0 cm³/mol. The van der Waals surface area contributed by atoms with E-state index in [9.17, 15) is 0 Å². The molecule has 3 nitrogen and oxygen atoms in total. The van der Waals surface area contributed by atoms with Crippen LogP contribution in [0.1, 0.15) is 47.0 Å². The van der Waals surface area contributed by atoms with Crippen LogP contribution < -0.4 is 0 Å². The van der Waals surface area contributed by atoms with Crippen molar-refractivity contribution in [3.05, 3.63) is 0 Å². The fraction of sp³-hybridized carbons (Fsp3) is 1.00. The molecule has 0 aromatic heterocycles. The maximum Gasteiger partial charge on any atom is 0.192 e. The molecule has 19 heavy (non-hydrogen) atoms. The summed E-state index contributed by atoms with van der Waals surface area (Å²) in [6.45, 7) is 14.4. The summed E-state index contributed by atoms with van der Waals surface area (Å²) in [6, 6.07) is 0. The second kappa shape index (κ2) is 5.47. The third-order valence-corrected chi connectivity index (χ3v) is 9.37. The average molecular weight is 286 g/mol. The summed E-state index contributed by atoms with van der Waals surface area (Å²) >= 11 is 0. The first-order chi connectivity index (χ1) is 8.76. The Balaban J connectivity index is 1.87. The van der Waals surface area contributed by atoms with E-state index in [1.165, 1.54) is 12.8 Å². The topological polar surface area (TPSA) is 31.0 Å². The Hall–Kier alpha value is 0.0969. The number of ether oxygens (including phenoxy) is 2. The standard InChI is InChI=1S/C15H30O3Si/c1-7-8-9-11-13-14(17-13)12(10-16-11)18-19(5,6)15(2,3)4/h11-14H,7-10H2,1-6H3/t11-,12-,13-,14+/m0/s1. The highest BCUT2D eigenvalue weighted by Gasteiger charge is 2.56. The molecule has 0 spiro atoms. The summed E-state index contributed by atoms with van der Waals surface area (Å²) in [7, 11) is -1.71. The van der Waals surface area contributed by atoms with Crippen LogP contribution in [0, 0.1) is 0 Å². The Bertz CT molecular complexity index is 311. The smallest absolute Gasteiger partial charge is 0.192 e. The minimum Gasteiger partial charge on any atom is -0.409 e. The highest BCUT2D eigenvalue weighted by Crippen LogP contribution is 2.43. The third-order valence-electron chi connectivity index (χ3n) is 4.86. The molecule has 0 radical (unpaired) electrons. The second-order valence-electron chi connectivity index (χ2n) is 7.50. The average Bonchev–Trinajstić information content (AvgIpc) is 3.06. The van der Waals surface area contributed by atoms with E-state index in [2.05, 4.69) is 40.8 Å². The van der Waals surface area contributed by atoms with Gasteiger partial charge in [0.25, 0.3) is 0 Å². The quantitative estimate of drug-likeness (QED) is 0.570. The molecule has 2 fully saturated rings. The van der Waals surface area contributed by atoms with Crippen molar-refractivity contribution >= 4 is 8.32 Å². The molecular weight excluding hydrogens is 256 g/mol. The molecule has 2 saturated heterocycles. The van der Waals surface area contributed by atoms with Crippen molar-refractivity contribution in [3.8, 4) is 0 Å². The van der Waals surface area contributed by atoms with Crippen LogP contribution in [0.2, 0.25) is 18.1 Å². The van der Waals surface area contributed by atoms with Crippen LogP contribution in [0.15, 0.2) is 0 Å². The maximum absolute atomic E-state index is 6.44. The highest BCUT2D eigenvalue weighted by molar-refractivity contribution is 6.74. The van der Waals surface area contributed by atoms with Gasteiger partial charge in [-0.25, -0.2) is 0 Å². The molecule has 0 bridgehead atoms. The van der Waals surface area contributed by atoms with E-state index in [0.29, 0.717) is 24.9 Å². The summed E-state index contributed by atoms with van der Waals surface area (Å²) in [4.78, 5) is 0. The summed E-state index contributed by atoms with van der Waals surface area (Å²) in [5.74, 6) is 0. The Morgan fingerprint density at radius 2 is 1.89 bits per heavy atom. The van der Waals surface area contributed by atoms with Crippen molar-refractivity contribution in [1.29, 1.82) is 0 Å². The summed E-state index contributed by atoms with van der Waals surface area (Å²) < 4.78 is 18.2. The molecule has 2 heterocycles. The van der Waals surface area contributed by atoms with Crippen molar-refractivity contribution in [1.82, 2.24) is 0 Å². The van der Waals surface area contributed by atoms with Gasteiger partial charge in [-0.15, -0.1) is 0 Å². The molecule has 112 valence electrons. The number of fused-ring (bicyclic) bond motifs is 1. The largest absolute Gasteiger partial charge is 0.409 e. The Kier molecular flexibility index (Phi) is 4.46. The minimum atomic E-state index is -1.71. The van der Waals surface area contributed by atoms with Crippen molar-refractivity contribution < 1.29 is 13.9 Å². The summed E-state index contributed by atoms with van der Waals surface area (Å²) in [5.41, 5.74) is 0. The number of hydrogen-bond donors (Lipinski definition) is 0. The molecule has 0 unspecified atom stereocenters. The molecule has 0 aliphatic carbocycles. The first-order valence-electron chi connectivity index (χ1n) is 7.71. The Morgan fingerprint density at radius 3 is 2.47 bits per heavy atom. The number of hydrogen-bond acceptors (Lipinski definition) is 3. The molecule has 0 aromatic rings. The molecular formula is C15H30O3Si. The first-order valence-corrected chi connectivity index (χ1v) is 10.6. The predicted octanol–water partition coefficient (Wildman–Crippen LogP) is 3.73. The van der Waals surface area contributed by atoms with Gasteiger partial charge in [-0.3, -0.25) is 0 Å². The third kappa shape index (κ3) is 3.41. The van der Waals surface area contributed by atoms with Crippen molar-refractivity contribution in [2.75, 3.05) is 6.61 Å². The van der Waals surface area contributed by atoms with Gasteiger partial charge >= 0.3 is 0 Å². The van der Waals surface area contributed by atoms with E-state index in [1.54, 1.807) is 0 Å². The number of rotatable bonds is 5. The molecule has 4 heteroatoms. The van der Waals surface area contributed by atoms with Crippen LogP contribution in [0.5, 0.6) is 0 Å². The van der Waals surface area contributed by atoms with Crippen LogP contribution in [0.25, 0.3) is 0 Å². The summed E-state index contributed by atoms with van der Waals surface area (Å²) in [5, 5.41) is 0.246. The molecule has 2 rings (SSSR count). The van der Waals surface area contributed by atoms with Gasteiger partial charge in [0.1, 0.15) is 12.2 Å². The van der Waals surface area contributed by atoms with E-state index in [1.807, 2.05) is 0 Å². The lowest BCUT2D eigenvalue weighted by atomic mass is 10.0. The van der Waals surface area contributed by atoms with E-state index in [4.69, 9.17) is 13.9 Å². The van der Waals surface area contributed by atoms with Crippen LogP contribution in [0.4, 0.5) is 0 Å². The van der Waals surface area contributed by atoms with Gasteiger partial charge in [-0.2, -0.15) is 0 Å². The van der Waals surface area contributed by atoms with E-state index < -0.39 is 8.32 Å². The lowest BCUT2D eigenvalue weighted by Crippen LogP contribution is -2.49. The normalized spacial score (nSPS) is 35.1. The molecule has 0 amide bonds. The van der Waals surface area contributed by atoms with Crippen molar-refractivity contribution in [2.45, 2.75) is 89.5 Å². The second-order valence-corrected chi connectivity index (χ2v) is 12.3. The molecule has 0 aromatic carbocycles. The highest BCUT2D eigenvalue weighted by atomic mass is 28.4. The maximum atomic E-state index is 6.44. The van der Waals surface area contributed by atoms with Crippen LogP contribution in [0.3, 0.4) is 0 Å².